The van der Waals surface area contributed by atoms with Crippen molar-refractivity contribution in [1.29, 1.82) is 0 Å². The molecule has 6 heteroatoms. The van der Waals surface area contributed by atoms with E-state index < -0.39 is 0 Å². The lowest BCUT2D eigenvalue weighted by atomic mass is 10.1. The summed E-state index contributed by atoms with van der Waals surface area (Å²) in [5.74, 6) is 0.714. The van der Waals surface area contributed by atoms with E-state index in [1.54, 1.807) is 0 Å². The summed E-state index contributed by atoms with van der Waals surface area (Å²) in [4.78, 5) is 24.2. The van der Waals surface area contributed by atoms with Crippen LogP contribution in [0.25, 0.3) is 33.3 Å². The molecule has 0 amide bonds. The van der Waals surface area contributed by atoms with Crippen molar-refractivity contribution in [2.45, 2.75) is 26.4 Å². The Morgan fingerprint density at radius 2 is 1.80 bits per heavy atom. The van der Waals surface area contributed by atoms with Crippen LogP contribution in [-0.2, 0) is 0 Å². The van der Waals surface area contributed by atoms with Crippen molar-refractivity contribution in [1.82, 2.24) is 24.8 Å². The number of benzene rings is 2. The molecule has 0 bridgehead atoms. The molecule has 4 aromatic rings. The fourth-order valence-corrected chi connectivity index (χ4v) is 4.59. The third kappa shape index (κ3) is 2.95. The molecular formula is C24H27N5O. The quantitative estimate of drug-likeness (QED) is 0.463. The molecule has 2 aromatic carbocycles. The van der Waals surface area contributed by atoms with Crippen molar-refractivity contribution in [3.63, 3.8) is 0 Å². The lowest BCUT2D eigenvalue weighted by Gasteiger charge is -2.21. The molecular weight excluding hydrogens is 374 g/mol. The summed E-state index contributed by atoms with van der Waals surface area (Å²) in [5, 5.41) is 5.46. The summed E-state index contributed by atoms with van der Waals surface area (Å²) < 4.78 is 1.83. The van der Waals surface area contributed by atoms with Crippen LogP contribution in [0.3, 0.4) is 0 Å². The first kappa shape index (κ1) is 19.0. The van der Waals surface area contributed by atoms with E-state index in [0.717, 1.165) is 60.3 Å². The predicted molar refractivity (Wildman–Crippen MR) is 122 cm³/mol. The minimum atomic E-state index is -0.215. The van der Waals surface area contributed by atoms with Gasteiger partial charge in [-0.2, -0.15) is 0 Å². The van der Waals surface area contributed by atoms with Crippen molar-refractivity contribution in [3.8, 4) is 11.5 Å². The van der Waals surface area contributed by atoms with Gasteiger partial charge in [0.2, 0.25) is 0 Å². The van der Waals surface area contributed by atoms with Crippen molar-refractivity contribution >= 4 is 21.8 Å². The number of H-pyrrole nitrogens is 1. The number of nitrogens with one attached hydrogen (secondary N) is 2. The van der Waals surface area contributed by atoms with Crippen LogP contribution in [0.15, 0.2) is 53.3 Å². The number of aromatic nitrogens is 3. The second-order valence-electron chi connectivity index (χ2n) is 7.82. The smallest absolute Gasteiger partial charge is 0.263 e. The molecule has 1 atom stereocenters. The molecule has 2 aromatic heterocycles. The molecule has 1 aliphatic heterocycles. The Balaban J connectivity index is 1.58. The standard InChI is InChI=1S/C24H27N5O/c1-3-28(4-2)15-9-14-25-22-20-16-10-5-7-12-18(16)26-21(20)23-27-19-13-8-6-11-17(19)24(30)29(22)23/h5-8,10-13,22,25-26H,3-4,9,14-15H2,1-2H3. The lowest BCUT2D eigenvalue weighted by molar-refractivity contribution is 0.294. The van der Waals surface area contributed by atoms with Crippen LogP contribution >= 0.6 is 0 Å². The predicted octanol–water partition coefficient (Wildman–Crippen LogP) is 3.73. The molecule has 2 N–H and O–H groups in total. The van der Waals surface area contributed by atoms with Gasteiger partial charge >= 0.3 is 0 Å². The molecule has 3 heterocycles. The van der Waals surface area contributed by atoms with Gasteiger partial charge in [-0.3, -0.25) is 14.7 Å². The maximum atomic E-state index is 13.4. The largest absolute Gasteiger partial charge is 0.352 e. The van der Waals surface area contributed by atoms with Crippen LogP contribution in [-0.4, -0.2) is 45.6 Å². The number of rotatable bonds is 7. The summed E-state index contributed by atoms with van der Waals surface area (Å²) >= 11 is 0. The first-order valence-corrected chi connectivity index (χ1v) is 10.8. The molecule has 0 spiro atoms. The molecule has 30 heavy (non-hydrogen) atoms. The van der Waals surface area contributed by atoms with E-state index in [1.807, 2.05) is 41.0 Å². The fourth-order valence-electron chi connectivity index (χ4n) is 4.59. The zero-order chi connectivity index (χ0) is 20.7. The van der Waals surface area contributed by atoms with Gasteiger partial charge in [-0.25, -0.2) is 4.98 Å². The van der Waals surface area contributed by atoms with Crippen LogP contribution in [0.2, 0.25) is 0 Å². The number of nitrogens with zero attached hydrogens (tertiary/aromatic N) is 3. The van der Waals surface area contributed by atoms with E-state index in [4.69, 9.17) is 4.98 Å². The zero-order valence-electron chi connectivity index (χ0n) is 17.5. The fraction of sp³-hybridized carbons (Fsp3) is 0.333. The molecule has 5 rings (SSSR count). The van der Waals surface area contributed by atoms with E-state index in [9.17, 15) is 4.79 Å². The van der Waals surface area contributed by atoms with Gasteiger partial charge in [0.1, 0.15) is 6.17 Å². The molecule has 0 radical (unpaired) electrons. The van der Waals surface area contributed by atoms with Gasteiger partial charge in [-0.05, 0) is 50.8 Å². The Hall–Kier alpha value is -2.96. The van der Waals surface area contributed by atoms with Crippen LogP contribution < -0.4 is 10.9 Å². The summed E-state index contributed by atoms with van der Waals surface area (Å²) in [5.41, 5.74) is 3.88. The van der Waals surface area contributed by atoms with E-state index in [0.29, 0.717) is 11.2 Å². The summed E-state index contributed by atoms with van der Waals surface area (Å²) in [6.45, 7) is 8.39. The van der Waals surface area contributed by atoms with E-state index in [2.05, 4.69) is 41.2 Å². The van der Waals surface area contributed by atoms with Crippen molar-refractivity contribution in [2.24, 2.45) is 0 Å². The molecule has 1 aliphatic rings. The highest BCUT2D eigenvalue weighted by Gasteiger charge is 2.34. The highest BCUT2D eigenvalue weighted by molar-refractivity contribution is 5.93. The van der Waals surface area contributed by atoms with Gasteiger partial charge in [0, 0.05) is 16.5 Å². The SMILES string of the molecule is CCN(CC)CCCNC1c2c([nH]c3ccccc23)-c2nc3ccccc3c(=O)n21. The average Bonchev–Trinajstić information content (AvgIpc) is 3.30. The molecule has 0 aliphatic carbocycles. The van der Waals surface area contributed by atoms with Crippen molar-refractivity contribution in [2.75, 3.05) is 26.2 Å². The Bertz CT molecular complexity index is 1270. The number of aromatic amines is 1. The maximum Gasteiger partial charge on any atom is 0.263 e. The zero-order valence-corrected chi connectivity index (χ0v) is 17.5. The molecule has 0 saturated heterocycles. The molecule has 0 saturated carbocycles. The first-order chi connectivity index (χ1) is 14.7. The second-order valence-corrected chi connectivity index (χ2v) is 7.82. The molecule has 154 valence electrons. The number of fused-ring (bicyclic) bond motifs is 6. The van der Waals surface area contributed by atoms with Crippen LogP contribution in [0.4, 0.5) is 0 Å². The number of hydrogen-bond donors (Lipinski definition) is 2. The minimum absolute atomic E-state index is 0.00511. The normalized spacial score (nSPS) is 15.2. The second kappa shape index (κ2) is 7.70. The highest BCUT2D eigenvalue weighted by atomic mass is 16.1. The van der Waals surface area contributed by atoms with E-state index in [-0.39, 0.29) is 11.7 Å². The Kier molecular flexibility index (Phi) is 4.89. The monoisotopic (exact) mass is 401 g/mol. The van der Waals surface area contributed by atoms with Gasteiger partial charge in [0.15, 0.2) is 5.82 Å². The summed E-state index contributed by atoms with van der Waals surface area (Å²) in [6, 6.07) is 15.9. The average molecular weight is 402 g/mol. The number of hydrogen-bond acceptors (Lipinski definition) is 4. The number of para-hydroxylation sites is 2. The molecule has 0 fully saturated rings. The summed E-state index contributed by atoms with van der Waals surface area (Å²) in [7, 11) is 0. The third-order valence-corrected chi connectivity index (χ3v) is 6.19. The Morgan fingerprint density at radius 1 is 1.07 bits per heavy atom. The Morgan fingerprint density at radius 3 is 2.60 bits per heavy atom. The van der Waals surface area contributed by atoms with Crippen molar-refractivity contribution in [3.05, 3.63) is 64.4 Å². The Labute approximate surface area is 175 Å². The topological polar surface area (TPSA) is 66.0 Å². The van der Waals surface area contributed by atoms with Gasteiger partial charge in [0.25, 0.3) is 5.56 Å². The summed E-state index contributed by atoms with van der Waals surface area (Å²) in [6.07, 6.45) is 0.813. The first-order valence-electron chi connectivity index (χ1n) is 10.8. The third-order valence-electron chi connectivity index (χ3n) is 6.19. The van der Waals surface area contributed by atoms with Gasteiger partial charge < -0.3 is 9.88 Å². The van der Waals surface area contributed by atoms with Crippen LogP contribution in [0.1, 0.15) is 32.0 Å². The van der Waals surface area contributed by atoms with Crippen molar-refractivity contribution < 1.29 is 0 Å². The van der Waals surface area contributed by atoms with E-state index in [1.165, 1.54) is 0 Å². The molecule has 1 unspecified atom stereocenters. The van der Waals surface area contributed by atoms with Gasteiger partial charge in [0.05, 0.1) is 16.6 Å². The molecule has 6 nitrogen and oxygen atoms in total. The van der Waals surface area contributed by atoms with Gasteiger partial charge in [-0.1, -0.05) is 44.2 Å². The van der Waals surface area contributed by atoms with Crippen LogP contribution in [0, 0.1) is 0 Å². The van der Waals surface area contributed by atoms with Gasteiger partial charge in [-0.15, -0.1) is 0 Å². The van der Waals surface area contributed by atoms with Crippen LogP contribution in [0.5, 0.6) is 0 Å². The minimum Gasteiger partial charge on any atom is -0.352 e. The maximum absolute atomic E-state index is 13.4. The highest BCUT2D eigenvalue weighted by Crippen LogP contribution is 2.40. The van der Waals surface area contributed by atoms with E-state index >= 15 is 0 Å². The lowest BCUT2D eigenvalue weighted by Crippen LogP contribution is -2.35.